The summed E-state index contributed by atoms with van der Waals surface area (Å²) >= 11 is 0. The van der Waals surface area contributed by atoms with Crippen LogP contribution in [0.5, 0.6) is 0 Å². The molecule has 1 N–H and O–H groups in total. The van der Waals surface area contributed by atoms with Crippen LogP contribution in [0.1, 0.15) is 68.2 Å². The predicted octanol–water partition coefficient (Wildman–Crippen LogP) is 5.22. The van der Waals surface area contributed by atoms with Gasteiger partial charge in [0.1, 0.15) is 0 Å². The number of carbonyl (C=O) groups is 1. The molecule has 0 atom stereocenters. The predicted molar refractivity (Wildman–Crippen MR) is 119 cm³/mol. The highest BCUT2D eigenvalue weighted by molar-refractivity contribution is 6.78. The van der Waals surface area contributed by atoms with Crippen molar-refractivity contribution >= 4 is 22.8 Å². The number of hydrogen-bond acceptors (Lipinski definition) is 5. The molecule has 0 aliphatic rings. The number of rotatable bonds is 15. The Morgan fingerprint density at radius 2 is 1.37 bits per heavy atom. The van der Waals surface area contributed by atoms with Gasteiger partial charge in [-0.15, -0.1) is 0 Å². The third kappa shape index (κ3) is 8.77. The van der Waals surface area contributed by atoms with Gasteiger partial charge in [-0.25, -0.2) is 0 Å². The minimum absolute atomic E-state index is 0.0480. The Labute approximate surface area is 170 Å². The summed E-state index contributed by atoms with van der Waals surface area (Å²) in [6, 6.07) is 0.968. The van der Waals surface area contributed by atoms with Crippen molar-refractivity contribution in [3.8, 4) is 0 Å². The smallest absolute Gasteiger partial charge is 0.334 e. The van der Waals surface area contributed by atoms with Gasteiger partial charge in [0.2, 0.25) is 0 Å². The molecule has 0 spiro atoms. The summed E-state index contributed by atoms with van der Waals surface area (Å²) in [6.45, 7) is 22.3. The van der Waals surface area contributed by atoms with Crippen LogP contribution in [-0.4, -0.2) is 49.2 Å². The van der Waals surface area contributed by atoms with Crippen molar-refractivity contribution < 1.29 is 18.1 Å². The van der Waals surface area contributed by atoms with E-state index in [0.717, 1.165) is 19.0 Å². The Kier molecular flexibility index (Phi) is 13.0. The lowest BCUT2D eigenvalue weighted by Gasteiger charge is -2.41. The summed E-state index contributed by atoms with van der Waals surface area (Å²) in [5.74, 6) is -0.0480. The van der Waals surface area contributed by atoms with Crippen LogP contribution in [0.25, 0.3) is 0 Å². The maximum atomic E-state index is 12.5. The second-order valence-electron chi connectivity index (χ2n) is 8.40. The van der Waals surface area contributed by atoms with E-state index in [-0.39, 0.29) is 5.97 Å². The molecule has 0 unspecified atom stereocenters. The molecule has 0 radical (unpaired) electrons. The fraction of sp³-hybridized carbons (Fsp3) is 0.950. The van der Waals surface area contributed by atoms with Crippen molar-refractivity contribution in [3.05, 3.63) is 0 Å². The number of hydrogen-bond donors (Lipinski definition) is 1. The zero-order chi connectivity index (χ0) is 21.1. The van der Waals surface area contributed by atoms with Crippen LogP contribution in [0.4, 0.5) is 0 Å². The molecule has 0 aromatic rings. The molecule has 7 heteroatoms. The molecule has 0 saturated heterocycles. The van der Waals surface area contributed by atoms with Gasteiger partial charge in [-0.1, -0.05) is 41.5 Å². The molecule has 0 fully saturated rings. The number of nitrogens with one attached hydrogen (secondary N) is 1. The normalized spacial score (nSPS) is 13.0. The van der Waals surface area contributed by atoms with Gasteiger partial charge in [0.25, 0.3) is 14.3 Å². The van der Waals surface area contributed by atoms with E-state index in [4.69, 9.17) is 13.3 Å². The lowest BCUT2D eigenvalue weighted by Crippen LogP contribution is -2.49. The van der Waals surface area contributed by atoms with E-state index < -0.39 is 16.9 Å². The van der Waals surface area contributed by atoms with E-state index in [0.29, 0.717) is 42.8 Å². The summed E-state index contributed by atoms with van der Waals surface area (Å²) in [5, 5.41) is 3.37. The van der Waals surface area contributed by atoms with E-state index in [2.05, 4.69) is 53.4 Å². The summed E-state index contributed by atoms with van der Waals surface area (Å²) in [5.41, 5.74) is 1.28. The minimum Gasteiger partial charge on any atom is -0.518 e. The number of carbonyl (C=O) groups excluding carboxylic acids is 1. The lowest BCUT2D eigenvalue weighted by atomic mass is 10.4. The molecule has 0 aromatic carbocycles. The fourth-order valence-electron chi connectivity index (χ4n) is 4.25. The van der Waals surface area contributed by atoms with Gasteiger partial charge in [-0.2, -0.15) is 0 Å². The first-order chi connectivity index (χ1) is 12.6. The zero-order valence-electron chi connectivity index (χ0n) is 19.3. The van der Waals surface area contributed by atoms with Crippen molar-refractivity contribution in [2.75, 3.05) is 26.3 Å². The summed E-state index contributed by atoms with van der Waals surface area (Å²) in [7, 11) is -4.14. The first-order valence-corrected chi connectivity index (χ1v) is 15.4. The minimum atomic E-state index is -2.11. The second kappa shape index (κ2) is 13.1. The average molecular weight is 420 g/mol. The van der Waals surface area contributed by atoms with E-state index in [9.17, 15) is 4.79 Å². The van der Waals surface area contributed by atoms with Gasteiger partial charge in [0.05, 0.1) is 6.42 Å². The van der Waals surface area contributed by atoms with Crippen molar-refractivity contribution in [3.63, 3.8) is 0 Å². The monoisotopic (exact) mass is 419 g/mol. The van der Waals surface area contributed by atoms with Crippen LogP contribution in [0.2, 0.25) is 29.2 Å². The SMILES string of the molecule is CCO[Si](C)(CCCNCCC(=O)O[Si](C(C)C)(C(C)C)C(C)C)OCC. The summed E-state index contributed by atoms with van der Waals surface area (Å²) < 4.78 is 17.9. The van der Waals surface area contributed by atoms with Gasteiger partial charge >= 0.3 is 8.56 Å². The highest BCUT2D eigenvalue weighted by atomic mass is 28.4. The Hall–Kier alpha value is -0.216. The Bertz CT molecular complexity index is 389. The van der Waals surface area contributed by atoms with Gasteiger partial charge in [0, 0.05) is 19.8 Å². The third-order valence-corrected chi connectivity index (χ3v) is 14.4. The first kappa shape index (κ1) is 26.8. The lowest BCUT2D eigenvalue weighted by molar-refractivity contribution is -0.135. The van der Waals surface area contributed by atoms with Crippen molar-refractivity contribution in [1.29, 1.82) is 0 Å². The highest BCUT2D eigenvalue weighted by Gasteiger charge is 2.48. The molecule has 0 aliphatic heterocycles. The molecule has 0 aromatic heterocycles. The van der Waals surface area contributed by atoms with Crippen LogP contribution in [0.3, 0.4) is 0 Å². The summed E-state index contributed by atoms with van der Waals surface area (Å²) in [4.78, 5) is 12.5. The second-order valence-corrected chi connectivity index (χ2v) is 17.1. The zero-order valence-corrected chi connectivity index (χ0v) is 21.3. The van der Waals surface area contributed by atoms with Crippen molar-refractivity contribution in [2.45, 2.75) is 97.4 Å². The molecule has 0 bridgehead atoms. The molecule has 0 aliphatic carbocycles. The quantitative estimate of drug-likeness (QED) is 0.291. The van der Waals surface area contributed by atoms with Gasteiger partial charge in [-0.3, -0.25) is 4.79 Å². The van der Waals surface area contributed by atoms with Gasteiger partial charge in [-0.05, 0) is 56.0 Å². The van der Waals surface area contributed by atoms with Crippen molar-refractivity contribution in [2.24, 2.45) is 0 Å². The molecular formula is C20H45NO4Si2. The molecule has 0 rings (SSSR count). The highest BCUT2D eigenvalue weighted by Crippen LogP contribution is 2.42. The largest absolute Gasteiger partial charge is 0.518 e. The molecule has 0 amide bonds. The van der Waals surface area contributed by atoms with Gasteiger partial charge < -0.3 is 18.6 Å². The van der Waals surface area contributed by atoms with Crippen LogP contribution in [0, 0.1) is 0 Å². The molecule has 5 nitrogen and oxygen atoms in total. The van der Waals surface area contributed by atoms with Gasteiger partial charge in [0.15, 0.2) is 0 Å². The summed E-state index contributed by atoms with van der Waals surface area (Å²) in [6.07, 6.45) is 1.44. The van der Waals surface area contributed by atoms with Crippen LogP contribution >= 0.6 is 0 Å². The fourth-order valence-corrected chi connectivity index (χ4v) is 11.9. The maximum Gasteiger partial charge on any atom is 0.334 e. The van der Waals surface area contributed by atoms with E-state index >= 15 is 0 Å². The molecule has 27 heavy (non-hydrogen) atoms. The van der Waals surface area contributed by atoms with Crippen LogP contribution in [0.15, 0.2) is 0 Å². The Morgan fingerprint density at radius 1 is 0.889 bits per heavy atom. The van der Waals surface area contributed by atoms with Crippen LogP contribution in [-0.2, 0) is 18.1 Å². The third-order valence-electron chi connectivity index (χ3n) is 5.39. The van der Waals surface area contributed by atoms with Crippen molar-refractivity contribution in [1.82, 2.24) is 5.32 Å². The molecule has 0 heterocycles. The first-order valence-electron chi connectivity index (χ1n) is 10.8. The Morgan fingerprint density at radius 3 is 1.78 bits per heavy atom. The molecule has 162 valence electrons. The molecule has 0 saturated carbocycles. The van der Waals surface area contributed by atoms with Crippen LogP contribution < -0.4 is 5.32 Å². The maximum absolute atomic E-state index is 12.5. The Balaban J connectivity index is 4.33. The van der Waals surface area contributed by atoms with E-state index in [1.807, 2.05) is 13.8 Å². The molecular weight excluding hydrogens is 374 g/mol. The average Bonchev–Trinajstić information content (AvgIpc) is 2.55. The standard InChI is InChI=1S/C20H45NO4Si2/c1-10-23-26(9,24-11-2)16-12-14-21-15-13-20(22)25-27(17(3)4,18(5)6)19(7)8/h17-19,21H,10-16H2,1-9H3. The van der Waals surface area contributed by atoms with E-state index in [1.54, 1.807) is 0 Å². The topological polar surface area (TPSA) is 56.8 Å². The van der Waals surface area contributed by atoms with E-state index in [1.165, 1.54) is 0 Å².